The summed E-state index contributed by atoms with van der Waals surface area (Å²) < 4.78 is 12.3. The van der Waals surface area contributed by atoms with E-state index in [2.05, 4.69) is 15.9 Å². The quantitative estimate of drug-likeness (QED) is 0.897. The first-order valence-corrected chi connectivity index (χ1v) is 6.24. The number of nitrogens with two attached hydrogens (primary N) is 1. The van der Waals surface area contributed by atoms with Gasteiger partial charge >= 0.3 is 0 Å². The number of hydrogen-bond donors (Lipinski definition) is 1. The van der Waals surface area contributed by atoms with E-state index in [1.54, 1.807) is 0 Å². The second-order valence-electron chi connectivity index (χ2n) is 2.82. The molecule has 14 heavy (non-hydrogen) atoms. The van der Waals surface area contributed by atoms with Gasteiger partial charge in [-0.25, -0.2) is 0 Å². The average Bonchev–Trinajstić information content (AvgIpc) is 2.01. The van der Waals surface area contributed by atoms with Crippen molar-refractivity contribution in [1.29, 1.82) is 0 Å². The van der Waals surface area contributed by atoms with Crippen molar-refractivity contribution >= 4 is 32.6 Å². The smallest absolute Gasteiger partial charge is 0.230 e. The zero-order valence-electron chi connectivity index (χ0n) is 7.40. The van der Waals surface area contributed by atoms with E-state index >= 15 is 0 Å². The summed E-state index contributed by atoms with van der Waals surface area (Å²) in [6, 6.07) is 7.49. The van der Waals surface area contributed by atoms with Crippen LogP contribution < -0.4 is 5.73 Å². The van der Waals surface area contributed by atoms with Crippen LogP contribution in [0.15, 0.2) is 28.7 Å². The largest absolute Gasteiger partial charge is 0.369 e. The molecule has 1 atom stereocenters. The van der Waals surface area contributed by atoms with Crippen LogP contribution in [-0.4, -0.2) is 15.9 Å². The maximum Gasteiger partial charge on any atom is 0.230 e. The van der Waals surface area contributed by atoms with Crippen molar-refractivity contribution in [2.45, 2.75) is 5.75 Å². The zero-order chi connectivity index (χ0) is 10.6. The van der Waals surface area contributed by atoms with Gasteiger partial charge in [-0.2, -0.15) is 0 Å². The van der Waals surface area contributed by atoms with Gasteiger partial charge < -0.3 is 5.73 Å². The molecule has 0 radical (unpaired) electrons. The van der Waals surface area contributed by atoms with E-state index in [1.165, 1.54) is 0 Å². The minimum Gasteiger partial charge on any atom is -0.369 e. The van der Waals surface area contributed by atoms with Crippen LogP contribution in [-0.2, 0) is 21.3 Å². The number of primary amides is 1. The lowest BCUT2D eigenvalue weighted by molar-refractivity contribution is -0.115. The van der Waals surface area contributed by atoms with E-state index < -0.39 is 16.7 Å². The van der Waals surface area contributed by atoms with Crippen molar-refractivity contribution < 1.29 is 9.00 Å². The number of amides is 1. The molecular weight excluding hydrogens is 266 g/mol. The van der Waals surface area contributed by atoms with E-state index in [0.717, 1.165) is 10.0 Å². The lowest BCUT2D eigenvalue weighted by Gasteiger charge is -2.00. The minimum absolute atomic E-state index is 0.0769. The summed E-state index contributed by atoms with van der Waals surface area (Å²) in [5.41, 5.74) is 5.87. The maximum atomic E-state index is 11.3. The Balaban J connectivity index is 2.60. The molecule has 1 aromatic rings. The molecule has 2 N–H and O–H groups in total. The van der Waals surface area contributed by atoms with Crippen molar-refractivity contribution in [2.75, 3.05) is 5.75 Å². The fraction of sp³-hybridized carbons (Fsp3) is 0.222. The molecule has 0 saturated carbocycles. The monoisotopic (exact) mass is 275 g/mol. The predicted molar refractivity (Wildman–Crippen MR) is 60.0 cm³/mol. The molecule has 0 aliphatic heterocycles. The normalized spacial score (nSPS) is 12.4. The molecule has 0 aliphatic rings. The molecule has 0 heterocycles. The summed E-state index contributed by atoms with van der Waals surface area (Å²) in [5, 5.41) is 0. The van der Waals surface area contributed by atoms with E-state index in [-0.39, 0.29) is 5.75 Å². The second kappa shape index (κ2) is 5.26. The number of hydrogen-bond acceptors (Lipinski definition) is 2. The highest BCUT2D eigenvalue weighted by Gasteiger charge is 2.05. The van der Waals surface area contributed by atoms with Crippen molar-refractivity contribution in [1.82, 2.24) is 0 Å². The van der Waals surface area contributed by atoms with Crippen molar-refractivity contribution in [3.05, 3.63) is 34.3 Å². The first-order valence-electron chi connectivity index (χ1n) is 3.95. The van der Waals surface area contributed by atoms with Gasteiger partial charge in [0.2, 0.25) is 5.91 Å². The van der Waals surface area contributed by atoms with Crippen LogP contribution in [0.25, 0.3) is 0 Å². The Labute approximate surface area is 93.3 Å². The van der Waals surface area contributed by atoms with Gasteiger partial charge in [0.1, 0.15) is 5.75 Å². The molecule has 5 heteroatoms. The summed E-state index contributed by atoms with van der Waals surface area (Å²) in [4.78, 5) is 10.5. The van der Waals surface area contributed by atoms with E-state index in [0.29, 0.717) is 5.75 Å². The van der Waals surface area contributed by atoms with Crippen LogP contribution in [0.3, 0.4) is 0 Å². The molecule has 0 aliphatic carbocycles. The molecule has 0 aromatic heterocycles. The van der Waals surface area contributed by atoms with Crippen LogP contribution in [0.1, 0.15) is 5.56 Å². The van der Waals surface area contributed by atoms with E-state index in [4.69, 9.17) is 5.73 Å². The number of carbonyl (C=O) groups is 1. The number of benzene rings is 1. The third kappa shape index (κ3) is 4.02. The third-order valence-electron chi connectivity index (χ3n) is 1.52. The highest BCUT2D eigenvalue weighted by Crippen LogP contribution is 2.12. The van der Waals surface area contributed by atoms with Crippen LogP contribution in [0, 0.1) is 0 Å². The summed E-state index contributed by atoms with van der Waals surface area (Å²) in [7, 11) is -1.20. The summed E-state index contributed by atoms with van der Waals surface area (Å²) >= 11 is 3.31. The lowest BCUT2D eigenvalue weighted by Crippen LogP contribution is -2.20. The lowest BCUT2D eigenvalue weighted by atomic mass is 10.2. The molecule has 0 saturated heterocycles. The minimum atomic E-state index is -1.20. The van der Waals surface area contributed by atoms with Gasteiger partial charge in [-0.3, -0.25) is 9.00 Å². The summed E-state index contributed by atoms with van der Waals surface area (Å²) in [6.07, 6.45) is 0. The van der Waals surface area contributed by atoms with Crippen LogP contribution in [0.5, 0.6) is 0 Å². The van der Waals surface area contributed by atoms with Gasteiger partial charge in [-0.1, -0.05) is 28.1 Å². The molecule has 0 spiro atoms. The second-order valence-corrected chi connectivity index (χ2v) is 5.20. The Hall–Kier alpha value is -0.680. The first-order chi connectivity index (χ1) is 6.58. The van der Waals surface area contributed by atoms with Crippen LogP contribution in [0.4, 0.5) is 0 Å². The van der Waals surface area contributed by atoms with Crippen LogP contribution in [0.2, 0.25) is 0 Å². The number of carbonyl (C=O) groups excluding carboxylic acids is 1. The van der Waals surface area contributed by atoms with E-state index in [9.17, 15) is 9.00 Å². The molecule has 0 unspecified atom stereocenters. The van der Waals surface area contributed by atoms with Crippen molar-refractivity contribution in [2.24, 2.45) is 5.73 Å². The average molecular weight is 276 g/mol. The molecule has 1 aromatic carbocycles. The topological polar surface area (TPSA) is 60.2 Å². The third-order valence-corrected chi connectivity index (χ3v) is 3.27. The Kier molecular flexibility index (Phi) is 4.28. The van der Waals surface area contributed by atoms with Crippen molar-refractivity contribution in [3.8, 4) is 0 Å². The fourth-order valence-corrected chi connectivity index (χ4v) is 2.44. The van der Waals surface area contributed by atoms with Gasteiger partial charge in [0, 0.05) is 21.0 Å². The Morgan fingerprint density at radius 1 is 1.50 bits per heavy atom. The Morgan fingerprint density at radius 3 is 2.79 bits per heavy atom. The van der Waals surface area contributed by atoms with E-state index in [1.807, 2.05) is 24.3 Å². The Morgan fingerprint density at radius 2 is 2.21 bits per heavy atom. The molecule has 1 amide bonds. The fourth-order valence-electron chi connectivity index (χ4n) is 1.02. The first kappa shape index (κ1) is 11.4. The van der Waals surface area contributed by atoms with Gasteiger partial charge in [0.05, 0.1) is 0 Å². The standard InChI is InChI=1S/C9H10BrNO2S/c10-8-3-1-2-7(4-8)5-14(13)6-9(11)12/h1-4H,5-6H2,(H2,11,12)/t14-/m1/s1. The zero-order valence-corrected chi connectivity index (χ0v) is 9.81. The maximum absolute atomic E-state index is 11.3. The molecule has 1 rings (SSSR count). The molecular formula is C9H10BrNO2S. The number of rotatable bonds is 4. The Bertz CT molecular complexity index is 368. The molecule has 3 nitrogen and oxygen atoms in total. The van der Waals surface area contributed by atoms with Crippen LogP contribution >= 0.6 is 15.9 Å². The number of halogens is 1. The van der Waals surface area contributed by atoms with Gasteiger partial charge in [0.15, 0.2) is 0 Å². The van der Waals surface area contributed by atoms with Gasteiger partial charge in [-0.05, 0) is 17.7 Å². The highest BCUT2D eigenvalue weighted by molar-refractivity contribution is 9.10. The molecule has 0 bridgehead atoms. The highest BCUT2D eigenvalue weighted by atomic mass is 79.9. The van der Waals surface area contributed by atoms with Crippen molar-refractivity contribution in [3.63, 3.8) is 0 Å². The SMILES string of the molecule is NC(=O)C[S@](=O)Cc1cccc(Br)c1. The molecule has 0 fully saturated rings. The van der Waals surface area contributed by atoms with Gasteiger partial charge in [0.25, 0.3) is 0 Å². The summed E-state index contributed by atoms with van der Waals surface area (Å²) in [6.45, 7) is 0. The summed E-state index contributed by atoms with van der Waals surface area (Å²) in [5.74, 6) is -0.243. The molecule has 76 valence electrons. The van der Waals surface area contributed by atoms with Gasteiger partial charge in [-0.15, -0.1) is 0 Å². The predicted octanol–water partition coefficient (Wildman–Crippen LogP) is 1.18.